The van der Waals surface area contributed by atoms with Crippen molar-refractivity contribution in [3.8, 4) is 0 Å². The molecule has 10 N–H and O–H groups in total. The van der Waals surface area contributed by atoms with Crippen molar-refractivity contribution in [3.05, 3.63) is 0 Å². The van der Waals surface area contributed by atoms with Gasteiger partial charge in [0.05, 0.1) is 52.4 Å². The van der Waals surface area contributed by atoms with Crippen LogP contribution in [0, 0.1) is 0 Å². The highest BCUT2D eigenvalue weighted by atomic mass is 16.4. The Bertz CT molecular complexity index is 939. The molecular weight excluding hydrogens is 630 g/mol. The molecule has 0 aromatic heterocycles. The van der Waals surface area contributed by atoms with Gasteiger partial charge in [0, 0.05) is 45.4 Å². The maximum absolute atomic E-state index is 11.0. The van der Waals surface area contributed by atoms with E-state index in [-0.39, 0.29) is 52.3 Å². The van der Waals surface area contributed by atoms with Gasteiger partial charge in [0.25, 0.3) is 0 Å². The van der Waals surface area contributed by atoms with Crippen molar-refractivity contribution in [2.45, 2.75) is 12.5 Å². The summed E-state index contributed by atoms with van der Waals surface area (Å²) in [6.45, 7) is -4.23. The fraction of sp³-hybridized carbons (Fsp3) is 0.667. The molecule has 1 atom stereocenters. The van der Waals surface area contributed by atoms with Gasteiger partial charge in [0.15, 0.2) is 0 Å². The highest BCUT2D eigenvalue weighted by Crippen LogP contribution is 2.04. The van der Waals surface area contributed by atoms with E-state index in [0.717, 1.165) is 14.7 Å². The molecule has 0 saturated heterocycles. The molecule has 0 radical (unpaired) electrons. The maximum Gasteiger partial charge on any atom is 0.317 e. The second-order valence-electron chi connectivity index (χ2n) is 9.55. The van der Waals surface area contributed by atoms with Crippen LogP contribution in [0.15, 0.2) is 0 Å². The minimum Gasteiger partial charge on any atom is -0.480 e. The first kappa shape index (κ1) is 43.6. The van der Waals surface area contributed by atoms with Gasteiger partial charge in [-0.2, -0.15) is 0 Å². The molecule has 0 aliphatic rings. The largest absolute Gasteiger partial charge is 0.480 e. The number of carboxylic acid groups (broad SMARTS) is 8. The molecular formula is C24H41N5O17. The molecule has 0 rings (SSSR count). The van der Waals surface area contributed by atoms with Gasteiger partial charge in [-0.25, -0.2) is 0 Å². The molecule has 264 valence electrons. The minimum atomic E-state index is -1.24. The predicted molar refractivity (Wildman–Crippen MR) is 150 cm³/mol. The Morgan fingerprint density at radius 2 is 0.761 bits per heavy atom. The Kier molecular flexibility index (Phi) is 23.5. The van der Waals surface area contributed by atoms with E-state index in [0.29, 0.717) is 0 Å². The Hall–Kier alpha value is -4.48. The van der Waals surface area contributed by atoms with Gasteiger partial charge in [-0.1, -0.05) is 0 Å². The van der Waals surface area contributed by atoms with Gasteiger partial charge in [-0.05, 0) is 6.42 Å². The fourth-order valence-corrected chi connectivity index (χ4v) is 3.79. The van der Waals surface area contributed by atoms with Crippen molar-refractivity contribution in [2.24, 2.45) is 0 Å². The summed E-state index contributed by atoms with van der Waals surface area (Å²) < 4.78 is 0. The Balaban J connectivity index is 0. The first-order valence-electron chi connectivity index (χ1n) is 13.3. The maximum atomic E-state index is 11.0. The van der Waals surface area contributed by atoms with E-state index in [1.165, 1.54) is 4.90 Å². The van der Waals surface area contributed by atoms with Gasteiger partial charge in [-0.15, -0.1) is 0 Å². The number of aliphatic hydroxyl groups is 1. The van der Waals surface area contributed by atoms with Gasteiger partial charge in [0.1, 0.15) is 0 Å². The van der Waals surface area contributed by atoms with Crippen LogP contribution in [-0.4, -0.2) is 211 Å². The second-order valence-corrected chi connectivity index (χ2v) is 9.55. The van der Waals surface area contributed by atoms with Crippen LogP contribution in [0.2, 0.25) is 0 Å². The van der Waals surface area contributed by atoms with Crippen molar-refractivity contribution >= 4 is 47.8 Å². The zero-order valence-corrected chi connectivity index (χ0v) is 24.8. The first-order valence-corrected chi connectivity index (χ1v) is 13.3. The quantitative estimate of drug-likeness (QED) is 0.0391. The average molecular weight is 672 g/mol. The summed E-state index contributed by atoms with van der Waals surface area (Å²) in [7, 11) is 0. The number of aliphatic carboxylic acids is 8. The monoisotopic (exact) mass is 671 g/mol. The van der Waals surface area contributed by atoms with E-state index < -0.39 is 99.6 Å². The second kappa shape index (κ2) is 24.8. The van der Waals surface area contributed by atoms with Crippen LogP contribution in [0.5, 0.6) is 0 Å². The zero-order chi connectivity index (χ0) is 35.8. The summed E-state index contributed by atoms with van der Waals surface area (Å²) in [5.74, 6) is -9.62. The van der Waals surface area contributed by atoms with Crippen molar-refractivity contribution in [1.82, 2.24) is 24.9 Å². The third kappa shape index (κ3) is 27.1. The third-order valence-electron chi connectivity index (χ3n) is 5.57. The van der Waals surface area contributed by atoms with Crippen molar-refractivity contribution < 1.29 is 84.3 Å². The van der Waals surface area contributed by atoms with Crippen molar-refractivity contribution in [2.75, 3.05) is 91.7 Å². The molecule has 46 heavy (non-hydrogen) atoms. The lowest BCUT2D eigenvalue weighted by Gasteiger charge is -2.28. The molecule has 22 heteroatoms. The Morgan fingerprint density at radius 3 is 1.04 bits per heavy atom. The summed E-state index contributed by atoms with van der Waals surface area (Å²) in [6.07, 6.45) is 0.146. The number of carboxylic acids is 8. The van der Waals surface area contributed by atoms with Crippen LogP contribution >= 0.6 is 0 Å². The number of carbonyl (C=O) groups is 8. The summed E-state index contributed by atoms with van der Waals surface area (Å²) in [4.78, 5) is 90.5. The molecule has 0 fully saturated rings. The smallest absolute Gasteiger partial charge is 0.317 e. The van der Waals surface area contributed by atoms with E-state index in [4.69, 9.17) is 46.0 Å². The van der Waals surface area contributed by atoms with Gasteiger partial charge < -0.3 is 51.3 Å². The number of aliphatic hydroxyl groups excluding tert-OH is 1. The Morgan fingerprint density at radius 1 is 0.457 bits per heavy atom. The lowest BCUT2D eigenvalue weighted by molar-refractivity contribution is -0.144. The van der Waals surface area contributed by atoms with E-state index in [1.807, 2.05) is 0 Å². The molecule has 0 spiro atoms. The van der Waals surface area contributed by atoms with Crippen molar-refractivity contribution in [1.29, 1.82) is 0 Å². The molecule has 0 aliphatic carbocycles. The SMILES string of the molecule is O=C(O)CN(CCN(CC(=O)O)CC(=O)O)CCN(CC(=O)O)CC(=O)O.O=C(O)CNCC(CCO)N(CC(=O)O)CC(=O)O. The molecule has 22 nitrogen and oxygen atoms in total. The highest BCUT2D eigenvalue weighted by molar-refractivity contribution is 5.74. The van der Waals surface area contributed by atoms with E-state index in [2.05, 4.69) is 5.32 Å². The highest BCUT2D eigenvalue weighted by Gasteiger charge is 2.23. The minimum absolute atomic E-state index is 0.000836. The van der Waals surface area contributed by atoms with Crippen LogP contribution in [0.4, 0.5) is 0 Å². The zero-order valence-electron chi connectivity index (χ0n) is 24.8. The number of nitrogens with one attached hydrogen (secondary N) is 1. The van der Waals surface area contributed by atoms with E-state index in [1.54, 1.807) is 0 Å². The van der Waals surface area contributed by atoms with Gasteiger partial charge in [0.2, 0.25) is 0 Å². The molecule has 0 bridgehead atoms. The average Bonchev–Trinajstić information content (AvgIpc) is 2.87. The van der Waals surface area contributed by atoms with Crippen LogP contribution in [0.1, 0.15) is 6.42 Å². The molecule has 0 aliphatic heterocycles. The van der Waals surface area contributed by atoms with Gasteiger partial charge in [-0.3, -0.25) is 58.0 Å². The molecule has 0 amide bonds. The van der Waals surface area contributed by atoms with Crippen LogP contribution in [0.25, 0.3) is 0 Å². The lowest BCUT2D eigenvalue weighted by atomic mass is 10.1. The Labute approximate surface area is 261 Å². The molecule has 1 unspecified atom stereocenters. The number of hydrogen-bond acceptors (Lipinski definition) is 14. The van der Waals surface area contributed by atoms with Gasteiger partial charge >= 0.3 is 47.8 Å². The summed E-state index contributed by atoms with van der Waals surface area (Å²) in [5, 5.41) is 81.5. The summed E-state index contributed by atoms with van der Waals surface area (Å²) >= 11 is 0. The molecule has 0 heterocycles. The predicted octanol–water partition coefficient (Wildman–Crippen LogP) is -4.80. The van der Waals surface area contributed by atoms with Crippen LogP contribution in [0.3, 0.4) is 0 Å². The standard InChI is InChI=1S/C14H23N3O10.C10H18N2O7/c18-10(19)5-15(1-3-16(6-11(20)21)7-12(22)23)2-4-17(8-13(24)25)9-14(26)27;13-2-1-7(3-11-4-8(14)15)12(5-9(16)17)6-10(18)19/h1-9H2,(H,18,19)(H,20,21)(H,22,23)(H,24,25)(H,26,27);7,11,13H,1-6H2,(H,14,15)(H,16,17)(H,18,19). The fourth-order valence-electron chi connectivity index (χ4n) is 3.79. The summed E-state index contributed by atoms with van der Waals surface area (Å²) in [6, 6.07) is -0.573. The van der Waals surface area contributed by atoms with Crippen molar-refractivity contribution in [3.63, 3.8) is 0 Å². The van der Waals surface area contributed by atoms with Crippen LogP contribution in [-0.2, 0) is 38.4 Å². The molecule has 0 aromatic carbocycles. The number of rotatable bonds is 27. The first-order chi connectivity index (χ1) is 21.4. The number of hydrogen-bond donors (Lipinski definition) is 10. The summed E-state index contributed by atoms with van der Waals surface area (Å²) in [5.41, 5.74) is 0. The van der Waals surface area contributed by atoms with E-state index >= 15 is 0 Å². The topological polar surface area (TPSA) is 344 Å². The normalized spacial score (nSPS) is 11.6. The number of nitrogens with zero attached hydrogens (tertiary/aromatic N) is 4. The third-order valence-corrected chi connectivity index (χ3v) is 5.57. The molecule has 0 saturated carbocycles. The lowest BCUT2D eigenvalue weighted by Crippen LogP contribution is -2.48. The van der Waals surface area contributed by atoms with E-state index in [9.17, 15) is 38.4 Å². The van der Waals surface area contributed by atoms with Crippen LogP contribution < -0.4 is 5.32 Å². The molecule has 0 aromatic rings.